The molecule has 0 aromatic rings. The average Bonchev–Trinajstić information content (AvgIpc) is 3.46. The molecule has 1 unspecified atom stereocenters. The van der Waals surface area contributed by atoms with E-state index in [-0.39, 0.29) is 31.1 Å². The second-order valence-corrected chi connectivity index (χ2v) is 22.7. The van der Waals surface area contributed by atoms with Crippen molar-refractivity contribution in [3.05, 3.63) is 109 Å². The number of carbonyl (C=O) groups excluding carboxylic acids is 3. The van der Waals surface area contributed by atoms with Crippen molar-refractivity contribution in [2.75, 3.05) is 13.2 Å². The smallest absolute Gasteiger partial charge is 0.306 e. The molecule has 0 amide bonds. The van der Waals surface area contributed by atoms with Crippen molar-refractivity contribution in [1.82, 2.24) is 0 Å². The van der Waals surface area contributed by atoms with Crippen molar-refractivity contribution in [3.8, 4) is 0 Å². The summed E-state index contributed by atoms with van der Waals surface area (Å²) >= 11 is 0. The molecule has 1 atom stereocenters. The summed E-state index contributed by atoms with van der Waals surface area (Å²) in [4.78, 5) is 38.4. The van der Waals surface area contributed by atoms with E-state index in [1.54, 1.807) is 0 Å². The Bertz CT molecular complexity index is 1620. The summed E-state index contributed by atoms with van der Waals surface area (Å²) in [5.74, 6) is -0.904. The van der Waals surface area contributed by atoms with Crippen LogP contribution in [0.4, 0.5) is 0 Å². The lowest BCUT2D eigenvalue weighted by atomic mass is 10.0. The molecule has 0 rings (SSSR count). The monoisotopic (exact) mass is 1120 g/mol. The molecule has 0 radical (unpaired) electrons. The second-order valence-electron chi connectivity index (χ2n) is 22.7. The highest BCUT2D eigenvalue weighted by Gasteiger charge is 2.19. The largest absolute Gasteiger partial charge is 0.462 e. The van der Waals surface area contributed by atoms with Crippen LogP contribution in [-0.4, -0.2) is 37.2 Å². The minimum Gasteiger partial charge on any atom is -0.462 e. The summed E-state index contributed by atoms with van der Waals surface area (Å²) in [6, 6.07) is 0. The van der Waals surface area contributed by atoms with E-state index in [1.807, 2.05) is 0 Å². The number of ether oxygens (including phenoxy) is 3. The minimum absolute atomic E-state index is 0.0858. The summed E-state index contributed by atoms with van der Waals surface area (Å²) in [7, 11) is 0. The highest BCUT2D eigenvalue weighted by atomic mass is 16.6. The number of esters is 3. The molecule has 0 aliphatic rings. The zero-order valence-electron chi connectivity index (χ0n) is 53.3. The first-order valence-corrected chi connectivity index (χ1v) is 34.4. The fourth-order valence-electron chi connectivity index (χ4n) is 9.70. The standard InChI is InChI=1S/C75H128O6/c1-4-7-10-13-16-19-22-25-27-29-31-32-33-34-35-36-37-38-39-40-41-42-44-45-47-50-53-56-59-62-65-68-74(77)80-71-72(70-79-73(76)67-64-61-58-55-52-49-24-21-18-15-12-9-6-3)81-75(78)69-66-63-60-57-54-51-48-46-43-30-28-26-23-20-17-14-11-8-5-2/h7,9-10,12,16,18-19,21,25,27,31-32,34-35,37-38,49,52,72H,4-6,8,11,13-15,17,20,22-24,26,28-30,33,36,39-48,50-51,53-71H2,1-3H3/b10-7-,12-9-,19-16-,21-18-,27-25-,32-31-,35-34-,38-37-,52-49-. The molecule has 0 aliphatic heterocycles. The first-order chi connectivity index (χ1) is 40.0. The van der Waals surface area contributed by atoms with Crippen LogP contribution in [0.2, 0.25) is 0 Å². The lowest BCUT2D eigenvalue weighted by Crippen LogP contribution is -2.30. The van der Waals surface area contributed by atoms with Crippen LogP contribution < -0.4 is 0 Å². The molecule has 6 nitrogen and oxygen atoms in total. The van der Waals surface area contributed by atoms with Crippen LogP contribution >= 0.6 is 0 Å². The maximum absolute atomic E-state index is 12.9. The number of allylic oxidation sites excluding steroid dienone is 18. The van der Waals surface area contributed by atoms with Gasteiger partial charge in [0.05, 0.1) is 0 Å². The Labute approximate surface area is 501 Å². The van der Waals surface area contributed by atoms with Crippen molar-refractivity contribution in [2.24, 2.45) is 0 Å². The Hall–Kier alpha value is -3.93. The van der Waals surface area contributed by atoms with E-state index >= 15 is 0 Å². The molecule has 6 heteroatoms. The fourth-order valence-corrected chi connectivity index (χ4v) is 9.70. The summed E-state index contributed by atoms with van der Waals surface area (Å²) in [5, 5.41) is 0. The molecular weight excluding hydrogens is 997 g/mol. The van der Waals surface area contributed by atoms with E-state index in [2.05, 4.69) is 130 Å². The Morgan fingerprint density at radius 1 is 0.259 bits per heavy atom. The van der Waals surface area contributed by atoms with Gasteiger partial charge in [-0.1, -0.05) is 316 Å². The number of unbranched alkanes of at least 4 members (excludes halogenated alkanes) is 33. The Balaban J connectivity index is 4.26. The molecule has 0 N–H and O–H groups in total. The lowest BCUT2D eigenvalue weighted by molar-refractivity contribution is -0.167. The van der Waals surface area contributed by atoms with E-state index in [1.165, 1.54) is 167 Å². The molecule has 0 saturated carbocycles. The van der Waals surface area contributed by atoms with Crippen LogP contribution in [0.1, 0.15) is 329 Å². The third-order valence-corrected chi connectivity index (χ3v) is 14.8. The van der Waals surface area contributed by atoms with Gasteiger partial charge in [0.2, 0.25) is 0 Å². The van der Waals surface area contributed by atoms with Gasteiger partial charge < -0.3 is 14.2 Å². The van der Waals surface area contributed by atoms with Gasteiger partial charge in [-0.3, -0.25) is 14.4 Å². The van der Waals surface area contributed by atoms with E-state index in [0.29, 0.717) is 19.3 Å². The van der Waals surface area contributed by atoms with Crippen molar-refractivity contribution in [1.29, 1.82) is 0 Å². The molecule has 0 aliphatic carbocycles. The van der Waals surface area contributed by atoms with Crippen LogP contribution in [0.25, 0.3) is 0 Å². The normalized spacial score (nSPS) is 12.8. The molecule has 0 bridgehead atoms. The van der Waals surface area contributed by atoms with Gasteiger partial charge in [0, 0.05) is 19.3 Å². The summed E-state index contributed by atoms with van der Waals surface area (Å²) in [5.41, 5.74) is 0. The van der Waals surface area contributed by atoms with Gasteiger partial charge in [0.25, 0.3) is 0 Å². The van der Waals surface area contributed by atoms with Gasteiger partial charge in [0.1, 0.15) is 13.2 Å². The Morgan fingerprint density at radius 3 is 0.765 bits per heavy atom. The molecule has 0 heterocycles. The van der Waals surface area contributed by atoms with Crippen LogP contribution in [0.5, 0.6) is 0 Å². The van der Waals surface area contributed by atoms with Crippen LogP contribution in [0.15, 0.2) is 109 Å². The zero-order valence-corrected chi connectivity index (χ0v) is 53.3. The number of hydrogen-bond acceptors (Lipinski definition) is 6. The third-order valence-electron chi connectivity index (χ3n) is 14.8. The molecule has 0 fully saturated rings. The van der Waals surface area contributed by atoms with Crippen molar-refractivity contribution < 1.29 is 28.6 Å². The van der Waals surface area contributed by atoms with Crippen molar-refractivity contribution in [3.63, 3.8) is 0 Å². The van der Waals surface area contributed by atoms with Gasteiger partial charge in [0.15, 0.2) is 6.10 Å². The summed E-state index contributed by atoms with van der Waals surface area (Å²) in [6.45, 7) is 6.42. The van der Waals surface area contributed by atoms with Gasteiger partial charge in [-0.15, -0.1) is 0 Å². The van der Waals surface area contributed by atoms with Gasteiger partial charge in [-0.05, 0) is 103 Å². The molecular formula is C75H128O6. The first-order valence-electron chi connectivity index (χ1n) is 34.4. The van der Waals surface area contributed by atoms with E-state index in [0.717, 1.165) is 122 Å². The summed E-state index contributed by atoms with van der Waals surface area (Å²) < 4.78 is 16.9. The molecule has 464 valence electrons. The topological polar surface area (TPSA) is 78.9 Å². The highest BCUT2D eigenvalue weighted by Crippen LogP contribution is 2.17. The lowest BCUT2D eigenvalue weighted by Gasteiger charge is -2.18. The minimum atomic E-state index is -0.791. The van der Waals surface area contributed by atoms with E-state index in [9.17, 15) is 14.4 Å². The molecule has 0 spiro atoms. The van der Waals surface area contributed by atoms with E-state index in [4.69, 9.17) is 14.2 Å². The van der Waals surface area contributed by atoms with Gasteiger partial charge in [-0.25, -0.2) is 0 Å². The Morgan fingerprint density at radius 2 is 0.481 bits per heavy atom. The van der Waals surface area contributed by atoms with E-state index < -0.39 is 6.10 Å². The third kappa shape index (κ3) is 66.8. The SMILES string of the molecule is CC/C=C\C/C=C\C/C=C\C/C=C\C/C=C\C/C=C\CCCCCCCCCCCCCCC(=O)OCC(COC(=O)CCCCC/C=C\C/C=C\C/C=C\CC)OC(=O)CCCCCCCCCCCCCCCCCCCCC. The molecule has 0 saturated heterocycles. The summed E-state index contributed by atoms with van der Waals surface area (Å²) in [6.07, 6.45) is 94.0. The predicted molar refractivity (Wildman–Crippen MR) is 353 cm³/mol. The number of hydrogen-bond donors (Lipinski definition) is 0. The quantitative estimate of drug-likeness (QED) is 0.0261. The first kappa shape index (κ1) is 77.1. The number of rotatable bonds is 62. The average molecular weight is 1130 g/mol. The van der Waals surface area contributed by atoms with Gasteiger partial charge >= 0.3 is 17.9 Å². The second kappa shape index (κ2) is 68.6. The maximum atomic E-state index is 12.9. The molecule has 0 aromatic carbocycles. The Kier molecular flexibility index (Phi) is 65.2. The van der Waals surface area contributed by atoms with Crippen LogP contribution in [0, 0.1) is 0 Å². The molecule has 81 heavy (non-hydrogen) atoms. The predicted octanol–water partition coefficient (Wildman–Crippen LogP) is 23.8. The van der Waals surface area contributed by atoms with Crippen LogP contribution in [-0.2, 0) is 28.6 Å². The van der Waals surface area contributed by atoms with Gasteiger partial charge in [-0.2, -0.15) is 0 Å². The van der Waals surface area contributed by atoms with Crippen LogP contribution in [0.3, 0.4) is 0 Å². The van der Waals surface area contributed by atoms with Crippen molar-refractivity contribution in [2.45, 2.75) is 335 Å². The zero-order chi connectivity index (χ0) is 58.5. The highest BCUT2D eigenvalue weighted by molar-refractivity contribution is 5.71. The maximum Gasteiger partial charge on any atom is 0.306 e. The molecule has 0 aromatic heterocycles. The van der Waals surface area contributed by atoms with Crippen molar-refractivity contribution >= 4 is 17.9 Å². The number of carbonyl (C=O) groups is 3. The fraction of sp³-hybridized carbons (Fsp3) is 0.720.